The minimum atomic E-state index is -4.28. The zero-order valence-electron chi connectivity index (χ0n) is 20.5. The number of fused-ring (bicyclic) bond motifs is 1. The van der Waals surface area contributed by atoms with Gasteiger partial charge in [-0.25, -0.2) is 27.5 Å². The van der Waals surface area contributed by atoms with Gasteiger partial charge in [-0.05, 0) is 44.4 Å². The van der Waals surface area contributed by atoms with Crippen molar-refractivity contribution in [1.82, 2.24) is 24.7 Å². The van der Waals surface area contributed by atoms with Crippen LogP contribution >= 0.6 is 11.6 Å². The third-order valence-electron chi connectivity index (χ3n) is 5.98. The molecule has 0 aliphatic carbocycles. The lowest BCUT2D eigenvalue weighted by Crippen LogP contribution is -2.19. The molecule has 0 bridgehead atoms. The minimum Gasteiger partial charge on any atom is -0.486 e. The lowest BCUT2D eigenvalue weighted by molar-refractivity contribution is -0.0371. The van der Waals surface area contributed by atoms with E-state index in [0.717, 1.165) is 36.4 Å². The number of hydrogen-bond donors (Lipinski definition) is 1. The van der Waals surface area contributed by atoms with Gasteiger partial charge in [0, 0.05) is 24.4 Å². The first-order valence-electron chi connectivity index (χ1n) is 11.7. The monoisotopic (exact) mass is 562 g/mol. The van der Waals surface area contributed by atoms with Crippen LogP contribution < -0.4 is 14.2 Å². The highest BCUT2D eigenvalue weighted by Gasteiger charge is 2.24. The van der Waals surface area contributed by atoms with Crippen molar-refractivity contribution >= 4 is 38.3 Å². The number of hydrogen-bond acceptors (Lipinski definition) is 9. The number of nitrogens with one attached hydrogen (secondary N) is 1. The van der Waals surface area contributed by atoms with Crippen molar-refractivity contribution in [2.75, 3.05) is 18.4 Å². The van der Waals surface area contributed by atoms with Gasteiger partial charge in [-0.3, -0.25) is 9.71 Å². The molecule has 1 fully saturated rings. The zero-order chi connectivity index (χ0) is 26.9. The highest BCUT2D eigenvalue weighted by atomic mass is 35.5. The first kappa shape index (κ1) is 26.1. The molecule has 4 aromatic rings. The van der Waals surface area contributed by atoms with Gasteiger partial charge < -0.3 is 14.2 Å². The van der Waals surface area contributed by atoms with E-state index in [1.807, 2.05) is 6.92 Å². The number of ether oxygens (including phenoxy) is 3. The Balaban J connectivity index is 1.34. The van der Waals surface area contributed by atoms with E-state index in [1.54, 1.807) is 10.7 Å². The van der Waals surface area contributed by atoms with Crippen LogP contribution in [0.3, 0.4) is 0 Å². The van der Waals surface area contributed by atoms with Crippen LogP contribution in [0, 0.1) is 12.7 Å². The smallest absolute Gasteiger partial charge is 0.267 e. The maximum Gasteiger partial charge on any atom is 0.267 e. The standard InChI is InChI=1S/C24H24ClFN6O5S/c1-14-17-10-16(12-28-23(17)32(30-14)21-5-3-4-8-36-21)37-13-19-22(26)18(6-7-27-19)31-38(33,34)20-9-15(25)11-29-24(20)35-2/h6-7,9-12,21H,3-5,8,13H2,1-2H3,(H,27,31). The topological polar surface area (TPSA) is 130 Å². The number of anilines is 1. The SMILES string of the molecule is COc1ncc(Cl)cc1S(=O)(=O)Nc1ccnc(COc2cnc3c(c2)c(C)nn3C2CCCCO2)c1F. The third-order valence-corrected chi connectivity index (χ3v) is 7.55. The lowest BCUT2D eigenvalue weighted by Gasteiger charge is -2.23. The first-order chi connectivity index (χ1) is 18.3. The predicted octanol–water partition coefficient (Wildman–Crippen LogP) is 4.41. The van der Waals surface area contributed by atoms with E-state index >= 15 is 4.39 Å². The van der Waals surface area contributed by atoms with Crippen LogP contribution in [0.2, 0.25) is 5.02 Å². The molecule has 1 aliphatic rings. The molecular formula is C24H24ClFN6O5S. The van der Waals surface area contributed by atoms with E-state index in [-0.39, 0.29) is 40.0 Å². The number of pyridine rings is 3. The summed E-state index contributed by atoms with van der Waals surface area (Å²) < 4.78 is 61.6. The first-order valence-corrected chi connectivity index (χ1v) is 13.6. The van der Waals surface area contributed by atoms with E-state index in [0.29, 0.717) is 18.0 Å². The molecule has 4 aromatic heterocycles. The summed E-state index contributed by atoms with van der Waals surface area (Å²) in [5, 5.41) is 5.45. The van der Waals surface area contributed by atoms with E-state index in [1.165, 1.54) is 31.8 Å². The van der Waals surface area contributed by atoms with Crippen molar-refractivity contribution in [1.29, 1.82) is 0 Å². The molecule has 0 spiro atoms. The second kappa shape index (κ2) is 10.7. The predicted molar refractivity (Wildman–Crippen MR) is 136 cm³/mol. The van der Waals surface area contributed by atoms with Gasteiger partial charge in [0.05, 0.1) is 29.7 Å². The van der Waals surface area contributed by atoms with Crippen molar-refractivity contribution < 1.29 is 27.0 Å². The third kappa shape index (κ3) is 5.22. The van der Waals surface area contributed by atoms with Gasteiger partial charge in [0.25, 0.3) is 10.0 Å². The van der Waals surface area contributed by atoms with E-state index in [2.05, 4.69) is 24.8 Å². The highest BCUT2D eigenvalue weighted by Crippen LogP contribution is 2.30. The molecule has 0 aromatic carbocycles. The normalized spacial score (nSPS) is 15.9. The molecule has 38 heavy (non-hydrogen) atoms. The molecule has 0 radical (unpaired) electrons. The van der Waals surface area contributed by atoms with Crippen LogP contribution in [-0.2, 0) is 21.4 Å². The van der Waals surface area contributed by atoms with Gasteiger partial charge in [0.2, 0.25) is 5.88 Å². The fourth-order valence-electron chi connectivity index (χ4n) is 4.12. The summed E-state index contributed by atoms with van der Waals surface area (Å²) in [6.45, 7) is 2.29. The maximum absolute atomic E-state index is 15.2. The largest absolute Gasteiger partial charge is 0.486 e. The van der Waals surface area contributed by atoms with Gasteiger partial charge in [0.15, 0.2) is 22.6 Å². The van der Waals surface area contributed by atoms with Crippen LogP contribution in [0.1, 0.15) is 36.9 Å². The van der Waals surface area contributed by atoms with Crippen molar-refractivity contribution in [2.45, 2.75) is 43.9 Å². The Hall–Kier alpha value is -3.55. The Morgan fingerprint density at radius 2 is 2.08 bits per heavy atom. The second-order valence-electron chi connectivity index (χ2n) is 8.57. The number of aryl methyl sites for hydroxylation is 1. The van der Waals surface area contributed by atoms with Gasteiger partial charge in [0.1, 0.15) is 18.1 Å². The number of sulfonamides is 1. The summed E-state index contributed by atoms with van der Waals surface area (Å²) in [4.78, 5) is 12.0. The van der Waals surface area contributed by atoms with Crippen LogP contribution in [0.5, 0.6) is 11.6 Å². The molecular weight excluding hydrogens is 539 g/mol. The van der Waals surface area contributed by atoms with Gasteiger partial charge >= 0.3 is 0 Å². The molecule has 1 atom stereocenters. The van der Waals surface area contributed by atoms with E-state index in [9.17, 15) is 8.42 Å². The Labute approximate surface area is 223 Å². The van der Waals surface area contributed by atoms with E-state index in [4.69, 9.17) is 25.8 Å². The molecule has 5 heterocycles. The average molecular weight is 563 g/mol. The molecule has 14 heteroatoms. The average Bonchev–Trinajstić information content (AvgIpc) is 3.25. The Kier molecular flexibility index (Phi) is 7.32. The molecule has 5 rings (SSSR count). The number of rotatable bonds is 8. The van der Waals surface area contributed by atoms with Crippen LogP contribution in [0.25, 0.3) is 11.0 Å². The second-order valence-corrected chi connectivity index (χ2v) is 10.7. The number of nitrogens with zero attached hydrogens (tertiary/aromatic N) is 5. The minimum absolute atomic E-state index is 0.0769. The highest BCUT2D eigenvalue weighted by molar-refractivity contribution is 7.92. The quantitative estimate of drug-likeness (QED) is 0.332. The number of aromatic nitrogens is 5. The van der Waals surface area contributed by atoms with Crippen molar-refractivity contribution in [2.24, 2.45) is 0 Å². The molecule has 1 unspecified atom stereocenters. The van der Waals surface area contributed by atoms with Gasteiger partial charge in [-0.2, -0.15) is 5.10 Å². The Morgan fingerprint density at radius 3 is 2.84 bits per heavy atom. The van der Waals surface area contributed by atoms with E-state index < -0.39 is 15.8 Å². The van der Waals surface area contributed by atoms with Crippen molar-refractivity contribution in [3.05, 3.63) is 59.0 Å². The molecule has 0 saturated carbocycles. The van der Waals surface area contributed by atoms with Crippen LogP contribution in [0.4, 0.5) is 10.1 Å². The lowest BCUT2D eigenvalue weighted by atomic mass is 10.2. The van der Waals surface area contributed by atoms with Gasteiger partial charge in [-0.15, -0.1) is 0 Å². The Morgan fingerprint density at radius 1 is 1.24 bits per heavy atom. The molecule has 1 aliphatic heterocycles. The summed E-state index contributed by atoms with van der Waals surface area (Å²) >= 11 is 5.90. The molecule has 200 valence electrons. The fraction of sp³-hybridized carbons (Fsp3) is 0.333. The number of halogens is 2. The summed E-state index contributed by atoms with van der Waals surface area (Å²) in [6, 6.07) is 4.12. The van der Waals surface area contributed by atoms with Gasteiger partial charge in [-0.1, -0.05) is 11.6 Å². The van der Waals surface area contributed by atoms with Crippen molar-refractivity contribution in [3.63, 3.8) is 0 Å². The molecule has 1 saturated heterocycles. The summed E-state index contributed by atoms with van der Waals surface area (Å²) in [5.41, 5.74) is 1.01. The summed E-state index contributed by atoms with van der Waals surface area (Å²) in [5.74, 6) is -0.694. The van der Waals surface area contributed by atoms with Crippen LogP contribution in [-0.4, -0.2) is 46.9 Å². The molecule has 11 nitrogen and oxygen atoms in total. The van der Waals surface area contributed by atoms with Crippen molar-refractivity contribution in [3.8, 4) is 11.6 Å². The van der Waals surface area contributed by atoms with Crippen LogP contribution in [0.15, 0.2) is 41.7 Å². The molecule has 1 N–H and O–H groups in total. The number of methoxy groups -OCH3 is 1. The zero-order valence-corrected chi connectivity index (χ0v) is 22.1. The maximum atomic E-state index is 15.2. The summed E-state index contributed by atoms with van der Waals surface area (Å²) in [6.07, 6.45) is 6.82. The Bertz CT molecular complexity index is 1590. The summed E-state index contributed by atoms with van der Waals surface area (Å²) in [7, 11) is -3.02. The fourth-order valence-corrected chi connectivity index (χ4v) is 5.55. The molecule has 0 amide bonds.